The normalized spacial score (nSPS) is 17.8. The van der Waals surface area contributed by atoms with E-state index < -0.39 is 0 Å². The van der Waals surface area contributed by atoms with Crippen LogP contribution in [-0.2, 0) is 6.54 Å². The highest BCUT2D eigenvalue weighted by Gasteiger charge is 2.20. The van der Waals surface area contributed by atoms with Crippen molar-refractivity contribution in [3.05, 3.63) is 66.1 Å². The summed E-state index contributed by atoms with van der Waals surface area (Å²) < 4.78 is 18.5. The molecule has 0 bridgehead atoms. The lowest BCUT2D eigenvalue weighted by Gasteiger charge is -2.33. The Morgan fingerprint density at radius 2 is 2.00 bits per heavy atom. The lowest BCUT2D eigenvalue weighted by Crippen LogP contribution is -2.41. The number of rotatable bonds is 5. The SMILES string of the molecule is COc1ccc(NC2CCCN(Cc3ccc4cc(F)ccc4n3)C2)cc1. The molecule has 0 aliphatic carbocycles. The molecule has 140 valence electrons. The van der Waals surface area contributed by atoms with Gasteiger partial charge in [-0.05, 0) is 67.9 Å². The van der Waals surface area contributed by atoms with Crippen molar-refractivity contribution < 1.29 is 9.13 Å². The van der Waals surface area contributed by atoms with Gasteiger partial charge in [-0.3, -0.25) is 9.88 Å². The highest BCUT2D eigenvalue weighted by Crippen LogP contribution is 2.21. The highest BCUT2D eigenvalue weighted by atomic mass is 19.1. The minimum atomic E-state index is -0.222. The van der Waals surface area contributed by atoms with Crippen molar-refractivity contribution in [1.29, 1.82) is 0 Å². The predicted octanol–water partition coefficient (Wildman–Crippen LogP) is 4.46. The van der Waals surface area contributed by atoms with E-state index >= 15 is 0 Å². The second-order valence-corrected chi connectivity index (χ2v) is 7.09. The summed E-state index contributed by atoms with van der Waals surface area (Å²) in [6, 6.07) is 17.2. The van der Waals surface area contributed by atoms with Gasteiger partial charge >= 0.3 is 0 Å². The Bertz CT molecular complexity index is 913. The van der Waals surface area contributed by atoms with Crippen LogP contribution < -0.4 is 10.1 Å². The van der Waals surface area contributed by atoms with E-state index in [0.29, 0.717) is 6.04 Å². The molecule has 0 spiro atoms. The number of pyridine rings is 1. The summed E-state index contributed by atoms with van der Waals surface area (Å²) in [7, 11) is 1.68. The molecule has 1 unspecified atom stereocenters. The molecule has 2 heterocycles. The van der Waals surface area contributed by atoms with Gasteiger partial charge in [0.1, 0.15) is 11.6 Å². The van der Waals surface area contributed by atoms with Crippen LogP contribution >= 0.6 is 0 Å². The number of ether oxygens (including phenoxy) is 1. The van der Waals surface area contributed by atoms with Crippen LogP contribution in [0, 0.1) is 5.82 Å². The zero-order chi connectivity index (χ0) is 18.6. The number of nitrogens with zero attached hydrogens (tertiary/aromatic N) is 2. The topological polar surface area (TPSA) is 37.4 Å². The molecule has 2 aromatic carbocycles. The van der Waals surface area contributed by atoms with E-state index in [1.165, 1.54) is 12.1 Å². The van der Waals surface area contributed by atoms with E-state index in [2.05, 4.69) is 22.3 Å². The first-order chi connectivity index (χ1) is 13.2. The number of halogens is 1. The summed E-state index contributed by atoms with van der Waals surface area (Å²) >= 11 is 0. The van der Waals surface area contributed by atoms with Gasteiger partial charge in [-0.1, -0.05) is 6.07 Å². The average molecular weight is 365 g/mol. The number of hydrogen-bond donors (Lipinski definition) is 1. The van der Waals surface area contributed by atoms with E-state index in [4.69, 9.17) is 9.72 Å². The number of piperidine rings is 1. The molecule has 0 amide bonds. The monoisotopic (exact) mass is 365 g/mol. The fraction of sp³-hybridized carbons (Fsp3) is 0.318. The van der Waals surface area contributed by atoms with Gasteiger partial charge in [0.15, 0.2) is 0 Å². The Hall–Kier alpha value is -2.66. The third kappa shape index (κ3) is 4.37. The summed E-state index contributed by atoms with van der Waals surface area (Å²) in [5.41, 5.74) is 2.99. The standard InChI is InChI=1S/C22H24FN3O/c1-27-21-9-7-18(8-10-21)24-19-3-2-12-26(14-19)15-20-6-4-16-13-17(23)5-11-22(16)25-20/h4-11,13,19,24H,2-3,12,14-15H2,1H3. The Balaban J connectivity index is 1.39. The molecule has 0 radical (unpaired) electrons. The van der Waals surface area contributed by atoms with Crippen LogP contribution in [0.1, 0.15) is 18.5 Å². The minimum Gasteiger partial charge on any atom is -0.497 e. The van der Waals surface area contributed by atoms with Crippen LogP contribution in [0.5, 0.6) is 5.75 Å². The smallest absolute Gasteiger partial charge is 0.123 e. The van der Waals surface area contributed by atoms with Gasteiger partial charge in [-0.15, -0.1) is 0 Å². The lowest BCUT2D eigenvalue weighted by molar-refractivity contribution is 0.206. The maximum atomic E-state index is 13.3. The molecular weight excluding hydrogens is 341 g/mol. The van der Waals surface area contributed by atoms with Crippen molar-refractivity contribution in [3.63, 3.8) is 0 Å². The maximum absolute atomic E-state index is 13.3. The number of aromatic nitrogens is 1. The molecule has 1 atom stereocenters. The van der Waals surface area contributed by atoms with Gasteiger partial charge < -0.3 is 10.1 Å². The zero-order valence-electron chi connectivity index (χ0n) is 15.5. The fourth-order valence-electron chi connectivity index (χ4n) is 3.70. The van der Waals surface area contributed by atoms with Crippen LogP contribution in [0.15, 0.2) is 54.6 Å². The Labute approximate surface area is 159 Å². The van der Waals surface area contributed by atoms with E-state index in [1.54, 1.807) is 13.2 Å². The molecule has 1 fully saturated rings. The van der Waals surface area contributed by atoms with Crippen molar-refractivity contribution in [1.82, 2.24) is 9.88 Å². The van der Waals surface area contributed by atoms with Crippen LogP contribution in [0.3, 0.4) is 0 Å². The molecular formula is C22H24FN3O. The number of likely N-dealkylation sites (tertiary alicyclic amines) is 1. The van der Waals surface area contributed by atoms with E-state index in [-0.39, 0.29) is 5.82 Å². The number of nitrogens with one attached hydrogen (secondary N) is 1. The second-order valence-electron chi connectivity index (χ2n) is 7.09. The molecule has 4 nitrogen and oxygen atoms in total. The van der Waals surface area contributed by atoms with Crippen LogP contribution in [0.2, 0.25) is 0 Å². The largest absolute Gasteiger partial charge is 0.497 e. The molecule has 0 saturated carbocycles. The van der Waals surface area contributed by atoms with Gasteiger partial charge in [0.25, 0.3) is 0 Å². The summed E-state index contributed by atoms with van der Waals surface area (Å²) in [4.78, 5) is 7.13. The third-order valence-corrected chi connectivity index (χ3v) is 5.06. The molecule has 1 aliphatic heterocycles. The van der Waals surface area contributed by atoms with Crippen molar-refractivity contribution in [3.8, 4) is 5.75 Å². The molecule has 1 aliphatic rings. The summed E-state index contributed by atoms with van der Waals surface area (Å²) in [5.74, 6) is 0.647. The number of anilines is 1. The lowest BCUT2D eigenvalue weighted by atomic mass is 10.0. The van der Waals surface area contributed by atoms with Crippen molar-refractivity contribution >= 4 is 16.6 Å². The Morgan fingerprint density at radius 1 is 1.15 bits per heavy atom. The molecule has 1 saturated heterocycles. The van der Waals surface area contributed by atoms with Crippen molar-refractivity contribution in [2.45, 2.75) is 25.4 Å². The zero-order valence-corrected chi connectivity index (χ0v) is 15.5. The maximum Gasteiger partial charge on any atom is 0.123 e. The number of hydrogen-bond acceptors (Lipinski definition) is 4. The van der Waals surface area contributed by atoms with Crippen molar-refractivity contribution in [2.24, 2.45) is 0 Å². The fourth-order valence-corrected chi connectivity index (χ4v) is 3.70. The highest BCUT2D eigenvalue weighted by molar-refractivity contribution is 5.78. The Morgan fingerprint density at radius 3 is 2.81 bits per heavy atom. The first-order valence-electron chi connectivity index (χ1n) is 9.38. The molecule has 5 heteroatoms. The predicted molar refractivity (Wildman–Crippen MR) is 107 cm³/mol. The number of methoxy groups -OCH3 is 1. The first-order valence-corrected chi connectivity index (χ1v) is 9.38. The van der Waals surface area contributed by atoms with E-state index in [0.717, 1.165) is 60.5 Å². The van der Waals surface area contributed by atoms with Gasteiger partial charge in [-0.25, -0.2) is 4.39 Å². The van der Waals surface area contributed by atoms with Crippen LogP contribution in [0.4, 0.5) is 10.1 Å². The van der Waals surface area contributed by atoms with Gasteiger partial charge in [0.05, 0.1) is 18.3 Å². The first kappa shape index (κ1) is 17.7. The number of benzene rings is 2. The van der Waals surface area contributed by atoms with Crippen LogP contribution in [-0.4, -0.2) is 36.1 Å². The molecule has 3 aromatic rings. The Kier molecular flexibility index (Phi) is 5.21. The van der Waals surface area contributed by atoms with E-state index in [9.17, 15) is 4.39 Å². The van der Waals surface area contributed by atoms with Crippen molar-refractivity contribution in [2.75, 3.05) is 25.5 Å². The van der Waals surface area contributed by atoms with Gasteiger partial charge in [0, 0.05) is 30.2 Å². The van der Waals surface area contributed by atoms with E-state index in [1.807, 2.05) is 24.3 Å². The summed E-state index contributed by atoms with van der Waals surface area (Å²) in [5, 5.41) is 4.47. The summed E-state index contributed by atoms with van der Waals surface area (Å²) in [6.45, 7) is 2.87. The van der Waals surface area contributed by atoms with Crippen LogP contribution in [0.25, 0.3) is 10.9 Å². The van der Waals surface area contributed by atoms with Gasteiger partial charge in [0.2, 0.25) is 0 Å². The summed E-state index contributed by atoms with van der Waals surface area (Å²) in [6.07, 6.45) is 2.32. The minimum absolute atomic E-state index is 0.222. The average Bonchev–Trinajstić information content (AvgIpc) is 2.69. The molecule has 1 N–H and O–H groups in total. The molecule has 1 aromatic heterocycles. The molecule has 4 rings (SSSR count). The third-order valence-electron chi connectivity index (χ3n) is 5.06. The number of fused-ring (bicyclic) bond motifs is 1. The molecule has 27 heavy (non-hydrogen) atoms. The second kappa shape index (κ2) is 7.92. The quantitative estimate of drug-likeness (QED) is 0.724. The van der Waals surface area contributed by atoms with Gasteiger partial charge in [-0.2, -0.15) is 0 Å².